The molecule has 0 aromatic rings. The summed E-state index contributed by atoms with van der Waals surface area (Å²) in [7, 11) is 4.06. The fourth-order valence-electron chi connectivity index (χ4n) is 4.38. The van der Waals surface area contributed by atoms with E-state index in [0.717, 1.165) is 44.6 Å². The Kier molecular flexibility index (Phi) is 8.89. The number of carbonyl (C=O) groups is 2. The zero-order chi connectivity index (χ0) is 18.9. The van der Waals surface area contributed by atoms with E-state index in [0.29, 0.717) is 18.9 Å². The van der Waals surface area contributed by atoms with Crippen LogP contribution in [0, 0.1) is 17.8 Å². The molecule has 2 N–H and O–H groups in total. The van der Waals surface area contributed by atoms with Gasteiger partial charge in [0, 0.05) is 24.9 Å². The minimum Gasteiger partial charge on any atom is -0.356 e. The average molecular weight is 366 g/mol. The van der Waals surface area contributed by atoms with Crippen molar-refractivity contribution in [2.75, 3.05) is 27.2 Å². The van der Waals surface area contributed by atoms with Crippen LogP contribution < -0.4 is 10.6 Å². The summed E-state index contributed by atoms with van der Waals surface area (Å²) >= 11 is 0. The number of rotatable bonds is 8. The van der Waals surface area contributed by atoms with E-state index in [2.05, 4.69) is 22.5 Å². The Balaban J connectivity index is 1.73. The van der Waals surface area contributed by atoms with E-state index in [-0.39, 0.29) is 23.8 Å². The molecule has 0 aliphatic heterocycles. The molecule has 0 bridgehead atoms. The lowest BCUT2D eigenvalue weighted by molar-refractivity contribution is -0.126. The van der Waals surface area contributed by atoms with Gasteiger partial charge in [0.05, 0.1) is 0 Å². The number of nitrogens with one attached hydrogen (secondary N) is 2. The van der Waals surface area contributed by atoms with Gasteiger partial charge in [0.15, 0.2) is 0 Å². The zero-order valence-electron chi connectivity index (χ0n) is 17.1. The molecule has 2 aliphatic carbocycles. The van der Waals surface area contributed by atoms with Crippen molar-refractivity contribution < 1.29 is 9.59 Å². The molecule has 0 aromatic heterocycles. The van der Waals surface area contributed by atoms with E-state index in [1.165, 1.54) is 25.7 Å². The third-order valence-corrected chi connectivity index (χ3v) is 6.19. The summed E-state index contributed by atoms with van der Waals surface area (Å²) in [6, 6.07) is 0.224. The van der Waals surface area contributed by atoms with Crippen molar-refractivity contribution in [2.45, 2.75) is 77.2 Å². The van der Waals surface area contributed by atoms with Gasteiger partial charge in [-0.1, -0.05) is 19.8 Å². The topological polar surface area (TPSA) is 61.4 Å². The van der Waals surface area contributed by atoms with E-state index >= 15 is 0 Å². The fourth-order valence-corrected chi connectivity index (χ4v) is 4.38. The van der Waals surface area contributed by atoms with E-state index in [1.807, 2.05) is 14.1 Å². The molecule has 2 rings (SSSR count). The van der Waals surface area contributed by atoms with Crippen LogP contribution in [-0.4, -0.2) is 49.9 Å². The van der Waals surface area contributed by atoms with Crippen LogP contribution in [0.2, 0.25) is 0 Å². The zero-order valence-corrected chi connectivity index (χ0v) is 17.1. The Morgan fingerprint density at radius 1 is 1.00 bits per heavy atom. The molecule has 0 heterocycles. The molecule has 5 heteroatoms. The van der Waals surface area contributed by atoms with Crippen LogP contribution in [0.15, 0.2) is 0 Å². The van der Waals surface area contributed by atoms with Crippen molar-refractivity contribution >= 4 is 11.8 Å². The summed E-state index contributed by atoms with van der Waals surface area (Å²) in [5.74, 6) is 1.75. The molecule has 26 heavy (non-hydrogen) atoms. The Hall–Kier alpha value is -1.10. The standard InChI is InChI=1S/C21H39N3O2/c1-16-10-12-17(13-11-16)21(26)22-15-18-7-4-5-8-19(18)23-20(25)9-6-14-24(2)3/h16-19H,4-15H2,1-3H3,(H,22,26)(H,23,25). The van der Waals surface area contributed by atoms with Crippen LogP contribution in [0.3, 0.4) is 0 Å². The van der Waals surface area contributed by atoms with Gasteiger partial charge in [-0.25, -0.2) is 0 Å². The van der Waals surface area contributed by atoms with E-state index in [1.54, 1.807) is 0 Å². The molecule has 0 spiro atoms. The maximum Gasteiger partial charge on any atom is 0.223 e. The van der Waals surface area contributed by atoms with Crippen molar-refractivity contribution in [1.82, 2.24) is 15.5 Å². The molecule has 0 radical (unpaired) electrons. The molecule has 0 aromatic carbocycles. The predicted molar refractivity (Wildman–Crippen MR) is 106 cm³/mol. The second-order valence-electron chi connectivity index (χ2n) is 8.83. The number of hydrogen-bond acceptors (Lipinski definition) is 3. The van der Waals surface area contributed by atoms with Crippen molar-refractivity contribution in [3.8, 4) is 0 Å². The Labute approximate surface area is 159 Å². The molecular weight excluding hydrogens is 326 g/mol. The van der Waals surface area contributed by atoms with Crippen LogP contribution in [-0.2, 0) is 9.59 Å². The predicted octanol–water partition coefficient (Wildman–Crippen LogP) is 2.95. The van der Waals surface area contributed by atoms with E-state index in [4.69, 9.17) is 0 Å². The lowest BCUT2D eigenvalue weighted by Crippen LogP contribution is -2.47. The smallest absolute Gasteiger partial charge is 0.223 e. The van der Waals surface area contributed by atoms with Gasteiger partial charge in [0.2, 0.25) is 11.8 Å². The SMILES string of the molecule is CC1CCC(C(=O)NCC2CCCCC2NC(=O)CCCN(C)C)CC1. The van der Waals surface area contributed by atoms with Crippen molar-refractivity contribution in [3.63, 3.8) is 0 Å². The largest absolute Gasteiger partial charge is 0.356 e. The summed E-state index contributed by atoms with van der Waals surface area (Å²) in [6.07, 6.45) is 10.4. The normalized spacial score (nSPS) is 29.4. The number of nitrogens with zero attached hydrogens (tertiary/aromatic N) is 1. The molecule has 2 aliphatic rings. The van der Waals surface area contributed by atoms with Gasteiger partial charge in [-0.3, -0.25) is 9.59 Å². The van der Waals surface area contributed by atoms with Crippen LogP contribution in [0.4, 0.5) is 0 Å². The van der Waals surface area contributed by atoms with E-state index in [9.17, 15) is 9.59 Å². The Bertz CT molecular complexity index is 445. The van der Waals surface area contributed by atoms with Gasteiger partial charge in [0.25, 0.3) is 0 Å². The first-order valence-electron chi connectivity index (χ1n) is 10.7. The summed E-state index contributed by atoms with van der Waals surface area (Å²) in [5.41, 5.74) is 0. The maximum absolute atomic E-state index is 12.5. The lowest BCUT2D eigenvalue weighted by atomic mass is 9.82. The molecule has 5 nitrogen and oxygen atoms in total. The first-order chi connectivity index (χ1) is 12.5. The number of amides is 2. The molecule has 2 amide bonds. The molecule has 2 unspecified atom stereocenters. The first kappa shape index (κ1) is 21.2. The maximum atomic E-state index is 12.5. The second-order valence-corrected chi connectivity index (χ2v) is 8.83. The quantitative estimate of drug-likeness (QED) is 0.695. The van der Waals surface area contributed by atoms with Gasteiger partial charge >= 0.3 is 0 Å². The van der Waals surface area contributed by atoms with Crippen molar-refractivity contribution in [1.29, 1.82) is 0 Å². The van der Waals surface area contributed by atoms with Crippen LogP contribution in [0.1, 0.15) is 71.1 Å². The van der Waals surface area contributed by atoms with Crippen molar-refractivity contribution in [2.24, 2.45) is 17.8 Å². The first-order valence-corrected chi connectivity index (χ1v) is 10.7. The molecule has 2 atom stereocenters. The minimum atomic E-state index is 0.163. The molecule has 2 saturated carbocycles. The highest BCUT2D eigenvalue weighted by molar-refractivity contribution is 5.78. The van der Waals surface area contributed by atoms with Crippen LogP contribution >= 0.6 is 0 Å². The Morgan fingerprint density at radius 3 is 2.38 bits per heavy atom. The van der Waals surface area contributed by atoms with Gasteiger partial charge in [-0.05, 0) is 77.4 Å². The summed E-state index contributed by atoms with van der Waals surface area (Å²) in [4.78, 5) is 26.8. The highest BCUT2D eigenvalue weighted by Gasteiger charge is 2.29. The summed E-state index contributed by atoms with van der Waals surface area (Å²) in [6.45, 7) is 3.94. The van der Waals surface area contributed by atoms with Gasteiger partial charge in [-0.2, -0.15) is 0 Å². The van der Waals surface area contributed by atoms with Crippen LogP contribution in [0.5, 0.6) is 0 Å². The fraction of sp³-hybridized carbons (Fsp3) is 0.905. The average Bonchev–Trinajstić information content (AvgIpc) is 2.61. The van der Waals surface area contributed by atoms with Crippen molar-refractivity contribution in [3.05, 3.63) is 0 Å². The molecule has 2 fully saturated rings. The minimum absolute atomic E-state index is 0.163. The number of carbonyl (C=O) groups excluding carboxylic acids is 2. The lowest BCUT2D eigenvalue weighted by Gasteiger charge is -2.33. The monoisotopic (exact) mass is 365 g/mol. The van der Waals surface area contributed by atoms with Crippen LogP contribution in [0.25, 0.3) is 0 Å². The van der Waals surface area contributed by atoms with E-state index < -0.39 is 0 Å². The summed E-state index contributed by atoms with van der Waals surface area (Å²) < 4.78 is 0. The second kappa shape index (κ2) is 10.9. The number of hydrogen-bond donors (Lipinski definition) is 2. The summed E-state index contributed by atoms with van der Waals surface area (Å²) in [5, 5.41) is 6.44. The van der Waals surface area contributed by atoms with Gasteiger partial charge < -0.3 is 15.5 Å². The van der Waals surface area contributed by atoms with Gasteiger partial charge in [-0.15, -0.1) is 0 Å². The molecule has 0 saturated heterocycles. The Morgan fingerprint density at radius 2 is 1.69 bits per heavy atom. The molecule has 150 valence electrons. The van der Waals surface area contributed by atoms with Gasteiger partial charge in [0.1, 0.15) is 0 Å². The molecular formula is C21H39N3O2. The third kappa shape index (κ3) is 7.26. The third-order valence-electron chi connectivity index (χ3n) is 6.19. The highest BCUT2D eigenvalue weighted by atomic mass is 16.2. The highest BCUT2D eigenvalue weighted by Crippen LogP contribution is 2.29.